The van der Waals surface area contributed by atoms with Gasteiger partial charge in [-0.05, 0) is 46.7 Å². The molecule has 4 heteroatoms. The van der Waals surface area contributed by atoms with Crippen molar-refractivity contribution in [1.82, 2.24) is 0 Å². The zero-order valence-corrected chi connectivity index (χ0v) is 14.9. The summed E-state index contributed by atoms with van der Waals surface area (Å²) in [4.78, 5) is 5.32. The fraction of sp³-hybridized carbons (Fsp3) is 0.0526. The Kier molecular flexibility index (Phi) is 4.04. The lowest BCUT2D eigenvalue weighted by Crippen LogP contribution is -1.82. The highest BCUT2D eigenvalue weighted by Crippen LogP contribution is 2.45. The van der Waals surface area contributed by atoms with Crippen molar-refractivity contribution in [1.29, 1.82) is 0 Å². The molecule has 1 aromatic carbocycles. The Balaban J connectivity index is 1.86. The van der Waals surface area contributed by atoms with Crippen LogP contribution in [0.5, 0.6) is 5.75 Å². The highest BCUT2D eigenvalue weighted by atomic mass is 32.1. The molecule has 0 amide bonds. The van der Waals surface area contributed by atoms with Gasteiger partial charge in [-0.2, -0.15) is 0 Å². The van der Waals surface area contributed by atoms with Crippen molar-refractivity contribution in [2.24, 2.45) is 0 Å². The molecule has 3 heterocycles. The van der Waals surface area contributed by atoms with Gasteiger partial charge >= 0.3 is 0 Å². The van der Waals surface area contributed by atoms with Gasteiger partial charge in [0.05, 0.1) is 12.0 Å². The molecular formula is C19H14OS3. The van der Waals surface area contributed by atoms with Gasteiger partial charge in [-0.25, -0.2) is 0 Å². The number of rotatable bonds is 4. The van der Waals surface area contributed by atoms with E-state index in [2.05, 4.69) is 53.2 Å². The van der Waals surface area contributed by atoms with Gasteiger partial charge in [-0.1, -0.05) is 24.3 Å². The van der Waals surface area contributed by atoms with Gasteiger partial charge in [0, 0.05) is 20.2 Å². The van der Waals surface area contributed by atoms with Crippen LogP contribution < -0.4 is 4.74 Å². The number of methoxy groups -OCH3 is 1. The lowest BCUT2D eigenvalue weighted by atomic mass is 10.1. The predicted molar refractivity (Wildman–Crippen MR) is 103 cm³/mol. The van der Waals surface area contributed by atoms with Crippen LogP contribution in [0, 0.1) is 0 Å². The topological polar surface area (TPSA) is 9.23 Å². The normalized spacial score (nSPS) is 10.8. The maximum Gasteiger partial charge on any atom is 0.118 e. The average Bonchev–Trinajstić information content (AvgIpc) is 3.34. The Bertz CT molecular complexity index is 885. The molecule has 0 atom stereocenters. The van der Waals surface area contributed by atoms with E-state index in [1.807, 2.05) is 23.5 Å². The second-order valence-electron chi connectivity index (χ2n) is 5.04. The SMILES string of the molecule is COc1ccc(-c2cc(-c3cccs3)sc2-c2cccs2)cc1. The first-order valence-electron chi connectivity index (χ1n) is 7.21. The first kappa shape index (κ1) is 14.7. The molecular weight excluding hydrogens is 340 g/mol. The van der Waals surface area contributed by atoms with Gasteiger partial charge in [0.2, 0.25) is 0 Å². The summed E-state index contributed by atoms with van der Waals surface area (Å²) in [6, 6.07) is 19.2. The van der Waals surface area contributed by atoms with Crippen LogP contribution >= 0.6 is 34.0 Å². The van der Waals surface area contributed by atoms with Crippen LogP contribution in [0.25, 0.3) is 30.6 Å². The zero-order chi connectivity index (χ0) is 15.6. The molecule has 0 aliphatic heterocycles. The van der Waals surface area contributed by atoms with Crippen molar-refractivity contribution >= 4 is 34.0 Å². The van der Waals surface area contributed by atoms with Gasteiger partial charge < -0.3 is 4.74 Å². The van der Waals surface area contributed by atoms with E-state index in [1.54, 1.807) is 29.8 Å². The molecule has 4 rings (SSSR count). The van der Waals surface area contributed by atoms with E-state index in [-0.39, 0.29) is 0 Å². The maximum atomic E-state index is 5.28. The van der Waals surface area contributed by atoms with E-state index in [0.717, 1.165) is 5.75 Å². The molecule has 0 radical (unpaired) electrons. The van der Waals surface area contributed by atoms with Crippen molar-refractivity contribution in [2.45, 2.75) is 0 Å². The van der Waals surface area contributed by atoms with Crippen molar-refractivity contribution < 1.29 is 4.74 Å². The van der Waals surface area contributed by atoms with E-state index in [1.165, 1.54) is 30.6 Å². The van der Waals surface area contributed by atoms with Crippen LogP contribution in [-0.4, -0.2) is 7.11 Å². The summed E-state index contributed by atoms with van der Waals surface area (Å²) in [5, 5.41) is 4.27. The Hall–Kier alpha value is -1.88. The smallest absolute Gasteiger partial charge is 0.118 e. The van der Waals surface area contributed by atoms with Crippen molar-refractivity contribution in [2.75, 3.05) is 7.11 Å². The zero-order valence-electron chi connectivity index (χ0n) is 12.5. The summed E-state index contributed by atoms with van der Waals surface area (Å²) in [6.45, 7) is 0. The molecule has 0 fully saturated rings. The predicted octanol–water partition coefficient (Wildman–Crippen LogP) is 6.88. The molecule has 0 saturated heterocycles. The summed E-state index contributed by atoms with van der Waals surface area (Å²) in [7, 11) is 1.70. The number of hydrogen-bond acceptors (Lipinski definition) is 4. The largest absolute Gasteiger partial charge is 0.497 e. The molecule has 3 aromatic heterocycles. The number of hydrogen-bond donors (Lipinski definition) is 0. The van der Waals surface area contributed by atoms with Crippen molar-refractivity contribution in [3.8, 4) is 36.4 Å². The second kappa shape index (κ2) is 6.32. The molecule has 23 heavy (non-hydrogen) atoms. The lowest BCUT2D eigenvalue weighted by molar-refractivity contribution is 0.415. The van der Waals surface area contributed by atoms with Crippen LogP contribution in [0.3, 0.4) is 0 Å². The second-order valence-corrected chi connectivity index (χ2v) is 7.98. The summed E-state index contributed by atoms with van der Waals surface area (Å²) < 4.78 is 5.28. The van der Waals surface area contributed by atoms with Gasteiger partial charge in [0.1, 0.15) is 5.75 Å². The lowest BCUT2D eigenvalue weighted by Gasteiger charge is -2.04. The molecule has 0 N–H and O–H groups in total. The number of benzene rings is 1. The Morgan fingerprint density at radius 1 is 0.783 bits per heavy atom. The Morgan fingerprint density at radius 3 is 2.09 bits per heavy atom. The molecule has 0 aliphatic carbocycles. The van der Waals surface area contributed by atoms with E-state index in [9.17, 15) is 0 Å². The summed E-state index contributed by atoms with van der Waals surface area (Å²) in [5.41, 5.74) is 2.52. The van der Waals surface area contributed by atoms with E-state index >= 15 is 0 Å². The van der Waals surface area contributed by atoms with Gasteiger partial charge in [-0.3, -0.25) is 0 Å². The van der Waals surface area contributed by atoms with E-state index < -0.39 is 0 Å². The molecule has 0 unspecified atom stereocenters. The third-order valence-electron chi connectivity index (χ3n) is 3.64. The minimum atomic E-state index is 0.889. The Morgan fingerprint density at radius 2 is 1.48 bits per heavy atom. The van der Waals surface area contributed by atoms with Gasteiger partial charge in [-0.15, -0.1) is 34.0 Å². The molecule has 4 aromatic rings. The molecule has 1 nitrogen and oxygen atoms in total. The number of thiophene rings is 3. The molecule has 0 aliphatic rings. The average molecular weight is 355 g/mol. The third-order valence-corrected chi connectivity index (χ3v) is 6.89. The van der Waals surface area contributed by atoms with E-state index in [0.29, 0.717) is 0 Å². The van der Waals surface area contributed by atoms with Crippen LogP contribution in [-0.2, 0) is 0 Å². The van der Waals surface area contributed by atoms with Crippen LogP contribution in [0.4, 0.5) is 0 Å². The standard InChI is InChI=1S/C19H14OS3/c1-20-14-8-6-13(7-9-14)15-12-18(16-4-2-10-21-16)23-19(15)17-5-3-11-22-17/h2-12H,1H3. The maximum absolute atomic E-state index is 5.28. The fourth-order valence-corrected chi connectivity index (χ4v) is 5.38. The monoisotopic (exact) mass is 354 g/mol. The van der Waals surface area contributed by atoms with Gasteiger partial charge in [0.25, 0.3) is 0 Å². The molecule has 0 saturated carbocycles. The summed E-state index contributed by atoms with van der Waals surface area (Å²) in [5.74, 6) is 0.889. The minimum absolute atomic E-state index is 0.889. The highest BCUT2D eigenvalue weighted by molar-refractivity contribution is 7.26. The van der Waals surface area contributed by atoms with Crippen LogP contribution in [0.1, 0.15) is 0 Å². The van der Waals surface area contributed by atoms with Crippen molar-refractivity contribution in [3.05, 3.63) is 65.4 Å². The minimum Gasteiger partial charge on any atom is -0.497 e. The highest BCUT2D eigenvalue weighted by Gasteiger charge is 2.15. The third kappa shape index (κ3) is 2.85. The molecule has 0 spiro atoms. The van der Waals surface area contributed by atoms with Gasteiger partial charge in [0.15, 0.2) is 0 Å². The van der Waals surface area contributed by atoms with Crippen molar-refractivity contribution in [3.63, 3.8) is 0 Å². The summed E-state index contributed by atoms with van der Waals surface area (Å²) >= 11 is 5.45. The fourth-order valence-electron chi connectivity index (χ4n) is 2.51. The van der Waals surface area contributed by atoms with Crippen LogP contribution in [0.15, 0.2) is 65.4 Å². The Labute approximate surface area is 147 Å². The first-order valence-corrected chi connectivity index (χ1v) is 9.79. The van der Waals surface area contributed by atoms with E-state index in [4.69, 9.17) is 4.74 Å². The van der Waals surface area contributed by atoms with Crippen LogP contribution in [0.2, 0.25) is 0 Å². The quantitative estimate of drug-likeness (QED) is 0.388. The number of ether oxygens (including phenoxy) is 1. The summed E-state index contributed by atoms with van der Waals surface area (Å²) in [6.07, 6.45) is 0. The first-order chi connectivity index (χ1) is 11.3. The molecule has 114 valence electrons. The molecule has 0 bridgehead atoms.